The van der Waals surface area contributed by atoms with E-state index in [4.69, 9.17) is 9.47 Å². The number of benzene rings is 3. The summed E-state index contributed by atoms with van der Waals surface area (Å²) >= 11 is 0. The van der Waals surface area contributed by atoms with Crippen LogP contribution in [0.1, 0.15) is 22.8 Å². The molecule has 0 heterocycles. The molecule has 134 valence electrons. The Labute approximate surface area is 152 Å². The van der Waals surface area contributed by atoms with Crippen LogP contribution in [0.15, 0.2) is 66.7 Å². The minimum absolute atomic E-state index is 0.369. The van der Waals surface area contributed by atoms with Gasteiger partial charge < -0.3 is 9.47 Å². The lowest BCUT2D eigenvalue weighted by Gasteiger charge is -2.21. The van der Waals surface area contributed by atoms with Crippen molar-refractivity contribution < 1.29 is 18.3 Å². The predicted molar refractivity (Wildman–Crippen MR) is 97.8 cm³/mol. The third-order valence-corrected chi connectivity index (χ3v) is 4.26. The summed E-state index contributed by atoms with van der Waals surface area (Å²) in [6, 6.07) is 19.3. The first kappa shape index (κ1) is 18.2. The van der Waals surface area contributed by atoms with E-state index in [2.05, 4.69) is 0 Å². The number of hydrogen-bond acceptors (Lipinski definition) is 2. The average molecular weight is 354 g/mol. The molecule has 0 saturated carbocycles. The minimum Gasteiger partial charge on any atom is -0.380 e. The third kappa shape index (κ3) is 3.98. The normalized spacial score (nSPS) is 12.2. The van der Waals surface area contributed by atoms with Gasteiger partial charge in [-0.3, -0.25) is 0 Å². The van der Waals surface area contributed by atoms with E-state index < -0.39 is 17.7 Å². The van der Waals surface area contributed by atoms with Crippen molar-refractivity contribution in [2.24, 2.45) is 0 Å². The van der Waals surface area contributed by atoms with Gasteiger partial charge in [-0.25, -0.2) is 8.78 Å². The molecule has 0 aliphatic carbocycles. The standard InChI is InChI=1S/C22H20F2O2/c1-25-14-18-10-16(15-6-4-3-5-7-15)8-9-21(18)22(26-2)17-11-19(23)13-20(24)12-17/h3-13,22H,14H2,1-2H3. The molecule has 0 bridgehead atoms. The van der Waals surface area contributed by atoms with Gasteiger partial charge in [0.05, 0.1) is 6.61 Å². The van der Waals surface area contributed by atoms with E-state index >= 15 is 0 Å². The summed E-state index contributed by atoms with van der Waals surface area (Å²) in [5.41, 5.74) is 4.28. The zero-order valence-electron chi connectivity index (χ0n) is 14.7. The Morgan fingerprint density at radius 3 is 2.12 bits per heavy atom. The third-order valence-electron chi connectivity index (χ3n) is 4.26. The highest BCUT2D eigenvalue weighted by molar-refractivity contribution is 5.65. The first-order valence-electron chi connectivity index (χ1n) is 8.28. The predicted octanol–water partition coefficient (Wildman–Crippen LogP) is 5.51. The Morgan fingerprint density at radius 1 is 0.808 bits per heavy atom. The van der Waals surface area contributed by atoms with Crippen LogP contribution in [0.25, 0.3) is 11.1 Å². The van der Waals surface area contributed by atoms with Crippen LogP contribution < -0.4 is 0 Å². The van der Waals surface area contributed by atoms with Gasteiger partial charge in [0, 0.05) is 20.3 Å². The summed E-state index contributed by atoms with van der Waals surface area (Å²) in [5, 5.41) is 0. The number of hydrogen-bond donors (Lipinski definition) is 0. The Hall–Kier alpha value is -2.56. The van der Waals surface area contributed by atoms with Gasteiger partial charge in [0.1, 0.15) is 17.7 Å². The quantitative estimate of drug-likeness (QED) is 0.581. The van der Waals surface area contributed by atoms with Crippen molar-refractivity contribution in [1.82, 2.24) is 0 Å². The topological polar surface area (TPSA) is 18.5 Å². The smallest absolute Gasteiger partial charge is 0.126 e. The Bertz CT molecular complexity index is 858. The maximum absolute atomic E-state index is 13.7. The highest BCUT2D eigenvalue weighted by Crippen LogP contribution is 2.32. The Balaban J connectivity index is 2.07. The van der Waals surface area contributed by atoms with Crippen molar-refractivity contribution in [3.8, 4) is 11.1 Å². The van der Waals surface area contributed by atoms with Gasteiger partial charge in [0.2, 0.25) is 0 Å². The van der Waals surface area contributed by atoms with Crippen molar-refractivity contribution in [2.75, 3.05) is 14.2 Å². The molecule has 0 N–H and O–H groups in total. The van der Waals surface area contributed by atoms with Crippen molar-refractivity contribution in [3.05, 3.63) is 95.1 Å². The summed E-state index contributed by atoms with van der Waals surface area (Å²) in [7, 11) is 3.14. The molecule has 3 aromatic rings. The highest BCUT2D eigenvalue weighted by Gasteiger charge is 2.19. The van der Waals surface area contributed by atoms with Crippen molar-refractivity contribution >= 4 is 0 Å². The highest BCUT2D eigenvalue weighted by atomic mass is 19.1. The molecule has 0 radical (unpaired) electrons. The molecule has 0 spiro atoms. The van der Waals surface area contributed by atoms with Crippen LogP contribution in [0, 0.1) is 11.6 Å². The lowest BCUT2D eigenvalue weighted by atomic mass is 9.93. The summed E-state index contributed by atoms with van der Waals surface area (Å²) in [6.07, 6.45) is -0.588. The van der Waals surface area contributed by atoms with Crippen LogP contribution in [-0.4, -0.2) is 14.2 Å². The van der Waals surface area contributed by atoms with Crippen LogP contribution in [0.3, 0.4) is 0 Å². The summed E-state index contributed by atoms with van der Waals surface area (Å²) in [6.45, 7) is 0.369. The first-order valence-corrected chi connectivity index (χ1v) is 8.28. The molecule has 4 heteroatoms. The molecule has 0 aliphatic heterocycles. The van der Waals surface area contributed by atoms with E-state index in [1.807, 2.05) is 48.5 Å². The van der Waals surface area contributed by atoms with Gasteiger partial charge in [-0.05, 0) is 46.0 Å². The zero-order valence-corrected chi connectivity index (χ0v) is 14.7. The second kappa shape index (κ2) is 8.21. The van der Waals surface area contributed by atoms with Crippen LogP contribution in [0.2, 0.25) is 0 Å². The summed E-state index contributed by atoms with van der Waals surface area (Å²) in [5.74, 6) is -1.26. The average Bonchev–Trinajstić information content (AvgIpc) is 2.64. The van der Waals surface area contributed by atoms with Gasteiger partial charge >= 0.3 is 0 Å². The maximum atomic E-state index is 13.7. The zero-order chi connectivity index (χ0) is 18.5. The van der Waals surface area contributed by atoms with Crippen molar-refractivity contribution in [1.29, 1.82) is 0 Å². The second-order valence-corrected chi connectivity index (χ2v) is 6.03. The van der Waals surface area contributed by atoms with E-state index in [-0.39, 0.29) is 0 Å². The van der Waals surface area contributed by atoms with E-state index in [0.717, 1.165) is 28.3 Å². The van der Waals surface area contributed by atoms with Crippen molar-refractivity contribution in [3.63, 3.8) is 0 Å². The molecular formula is C22H20F2O2. The molecule has 3 aromatic carbocycles. The van der Waals surface area contributed by atoms with Crippen molar-refractivity contribution in [2.45, 2.75) is 12.7 Å². The molecule has 3 rings (SSSR count). The fraction of sp³-hybridized carbons (Fsp3) is 0.182. The molecular weight excluding hydrogens is 334 g/mol. The lowest BCUT2D eigenvalue weighted by molar-refractivity contribution is 0.130. The van der Waals surface area contributed by atoms with Gasteiger partial charge in [0.15, 0.2) is 0 Å². The van der Waals surface area contributed by atoms with E-state index in [1.54, 1.807) is 7.11 Å². The summed E-state index contributed by atoms with van der Waals surface area (Å²) in [4.78, 5) is 0. The molecule has 1 atom stereocenters. The van der Waals surface area contributed by atoms with E-state index in [0.29, 0.717) is 12.2 Å². The van der Waals surface area contributed by atoms with E-state index in [9.17, 15) is 8.78 Å². The molecule has 0 fully saturated rings. The molecule has 26 heavy (non-hydrogen) atoms. The lowest BCUT2D eigenvalue weighted by Crippen LogP contribution is -2.09. The van der Waals surface area contributed by atoms with Crippen LogP contribution in [-0.2, 0) is 16.1 Å². The summed E-state index contributed by atoms with van der Waals surface area (Å²) < 4.78 is 38.2. The molecule has 0 amide bonds. The fourth-order valence-corrected chi connectivity index (χ4v) is 3.12. The fourth-order valence-electron chi connectivity index (χ4n) is 3.12. The molecule has 1 unspecified atom stereocenters. The SMILES string of the molecule is COCc1cc(-c2ccccc2)ccc1C(OC)c1cc(F)cc(F)c1. The number of methoxy groups -OCH3 is 2. The monoisotopic (exact) mass is 354 g/mol. The molecule has 0 aliphatic rings. The van der Waals surface area contributed by atoms with Crippen LogP contribution >= 0.6 is 0 Å². The molecule has 0 aromatic heterocycles. The van der Waals surface area contributed by atoms with Gasteiger partial charge in [0.25, 0.3) is 0 Å². The molecule has 0 saturated heterocycles. The number of ether oxygens (including phenoxy) is 2. The van der Waals surface area contributed by atoms with Crippen LogP contribution in [0.5, 0.6) is 0 Å². The minimum atomic E-state index is -0.628. The van der Waals surface area contributed by atoms with E-state index in [1.165, 1.54) is 19.2 Å². The first-order chi connectivity index (χ1) is 12.6. The van der Waals surface area contributed by atoms with Crippen LogP contribution in [0.4, 0.5) is 8.78 Å². The maximum Gasteiger partial charge on any atom is 0.126 e. The second-order valence-electron chi connectivity index (χ2n) is 6.03. The number of halogens is 2. The Kier molecular flexibility index (Phi) is 5.76. The van der Waals surface area contributed by atoms with Gasteiger partial charge in [-0.1, -0.05) is 42.5 Å². The number of rotatable bonds is 6. The van der Waals surface area contributed by atoms with Gasteiger partial charge in [-0.15, -0.1) is 0 Å². The Morgan fingerprint density at radius 2 is 1.50 bits per heavy atom. The molecule has 2 nitrogen and oxygen atoms in total. The largest absolute Gasteiger partial charge is 0.380 e. The van der Waals surface area contributed by atoms with Gasteiger partial charge in [-0.2, -0.15) is 0 Å².